The van der Waals surface area contributed by atoms with Gasteiger partial charge in [-0.25, -0.2) is 8.78 Å². The van der Waals surface area contributed by atoms with Crippen molar-refractivity contribution in [2.45, 2.75) is 45.6 Å². The summed E-state index contributed by atoms with van der Waals surface area (Å²) in [4.78, 5) is 0. The smallest absolute Gasteiger partial charge is 0.118 e. The van der Waals surface area contributed by atoms with Crippen molar-refractivity contribution >= 4 is 0 Å². The lowest BCUT2D eigenvalue weighted by Crippen LogP contribution is -2.52. The van der Waals surface area contributed by atoms with Gasteiger partial charge < -0.3 is 5.32 Å². The van der Waals surface area contributed by atoms with Crippen LogP contribution in [0.5, 0.6) is 0 Å². The van der Waals surface area contributed by atoms with Crippen LogP contribution in [0.15, 0.2) is 0 Å². The molecule has 0 aliphatic carbocycles. The third kappa shape index (κ3) is 2.63. The molecular weight excluding hydrogens is 172 g/mol. The van der Waals surface area contributed by atoms with E-state index in [1.165, 1.54) is 0 Å². The van der Waals surface area contributed by atoms with Crippen molar-refractivity contribution < 1.29 is 8.78 Å². The average molecular weight is 191 g/mol. The van der Waals surface area contributed by atoms with Crippen LogP contribution in [0.1, 0.15) is 27.2 Å². The van der Waals surface area contributed by atoms with Crippen molar-refractivity contribution in [3.8, 4) is 0 Å². The number of hydrogen-bond acceptors (Lipinski definition) is 1. The summed E-state index contributed by atoms with van der Waals surface area (Å²) in [6.45, 7) is 6.47. The van der Waals surface area contributed by atoms with Crippen molar-refractivity contribution in [2.75, 3.05) is 6.54 Å². The van der Waals surface area contributed by atoms with Gasteiger partial charge in [0.25, 0.3) is 0 Å². The molecule has 1 rings (SSSR count). The maximum absolute atomic E-state index is 13.4. The fraction of sp³-hybridized carbons (Fsp3) is 1.00. The summed E-state index contributed by atoms with van der Waals surface area (Å²) < 4.78 is 26.2. The zero-order valence-corrected chi connectivity index (χ0v) is 8.56. The molecule has 1 aliphatic rings. The summed E-state index contributed by atoms with van der Waals surface area (Å²) in [5.41, 5.74) is 0. The van der Waals surface area contributed by atoms with E-state index in [2.05, 4.69) is 19.2 Å². The number of halogens is 2. The Morgan fingerprint density at radius 3 is 2.31 bits per heavy atom. The number of piperidine rings is 1. The first-order valence-corrected chi connectivity index (χ1v) is 5.04. The summed E-state index contributed by atoms with van der Waals surface area (Å²) in [5, 5.41) is 2.95. The Balaban J connectivity index is 2.50. The molecular formula is C10H19F2N. The van der Waals surface area contributed by atoms with Crippen LogP contribution in [0.2, 0.25) is 0 Å². The normalized spacial score (nSPS) is 37.8. The zero-order valence-electron chi connectivity index (χ0n) is 8.56. The lowest BCUT2D eigenvalue weighted by atomic mass is 9.84. The largest absolute Gasteiger partial charge is 0.308 e. The topological polar surface area (TPSA) is 12.0 Å². The summed E-state index contributed by atoms with van der Waals surface area (Å²) in [6, 6.07) is -0.160. The highest BCUT2D eigenvalue weighted by molar-refractivity contribution is 4.89. The molecule has 0 bridgehead atoms. The highest BCUT2D eigenvalue weighted by atomic mass is 19.1. The van der Waals surface area contributed by atoms with Gasteiger partial charge in [0.2, 0.25) is 0 Å². The number of hydrogen-bond donors (Lipinski definition) is 1. The molecule has 3 heteroatoms. The molecule has 0 aromatic carbocycles. The van der Waals surface area contributed by atoms with Gasteiger partial charge in [-0.15, -0.1) is 0 Å². The van der Waals surface area contributed by atoms with Crippen molar-refractivity contribution in [1.29, 1.82) is 0 Å². The fourth-order valence-corrected chi connectivity index (χ4v) is 1.80. The van der Waals surface area contributed by atoms with Crippen LogP contribution in [-0.2, 0) is 0 Å². The third-order valence-corrected chi connectivity index (χ3v) is 3.06. The van der Waals surface area contributed by atoms with Gasteiger partial charge in [0.15, 0.2) is 0 Å². The predicted octanol–water partition coefficient (Wildman–Crippen LogP) is 2.32. The minimum absolute atomic E-state index is 0.0642. The van der Waals surface area contributed by atoms with Gasteiger partial charge in [-0.1, -0.05) is 20.8 Å². The first kappa shape index (κ1) is 10.9. The number of rotatable bonds is 2. The minimum atomic E-state index is -1.03. The van der Waals surface area contributed by atoms with Gasteiger partial charge in [-0.2, -0.15) is 0 Å². The minimum Gasteiger partial charge on any atom is -0.308 e. The van der Waals surface area contributed by atoms with Crippen molar-refractivity contribution in [3.63, 3.8) is 0 Å². The second-order valence-corrected chi connectivity index (χ2v) is 4.39. The number of alkyl halides is 2. The second kappa shape index (κ2) is 4.36. The molecule has 0 spiro atoms. The van der Waals surface area contributed by atoms with Gasteiger partial charge in [0.05, 0.1) is 0 Å². The fourth-order valence-electron chi connectivity index (χ4n) is 1.80. The van der Waals surface area contributed by atoms with E-state index in [1.807, 2.05) is 6.92 Å². The SMILES string of the molecule is CC(C)C(C)C1NCC(F)CC1F. The van der Waals surface area contributed by atoms with Gasteiger partial charge >= 0.3 is 0 Å². The molecule has 13 heavy (non-hydrogen) atoms. The molecule has 0 aromatic heterocycles. The van der Waals surface area contributed by atoms with Gasteiger partial charge in [-0.05, 0) is 11.8 Å². The Morgan fingerprint density at radius 1 is 1.23 bits per heavy atom. The summed E-state index contributed by atoms with van der Waals surface area (Å²) in [6.07, 6.45) is -1.97. The molecule has 78 valence electrons. The molecule has 1 aliphatic heterocycles. The van der Waals surface area contributed by atoms with Crippen LogP contribution < -0.4 is 5.32 Å². The van der Waals surface area contributed by atoms with E-state index < -0.39 is 12.3 Å². The Bertz CT molecular complexity index is 161. The highest BCUT2D eigenvalue weighted by Crippen LogP contribution is 2.25. The summed E-state index contributed by atoms with van der Waals surface area (Å²) in [5.74, 6) is 0.703. The van der Waals surface area contributed by atoms with E-state index >= 15 is 0 Å². The highest BCUT2D eigenvalue weighted by Gasteiger charge is 2.34. The molecule has 0 amide bonds. The quantitative estimate of drug-likeness (QED) is 0.706. The van der Waals surface area contributed by atoms with Gasteiger partial charge in [0, 0.05) is 19.0 Å². The molecule has 0 radical (unpaired) electrons. The first-order chi connectivity index (χ1) is 6.02. The predicted molar refractivity (Wildman–Crippen MR) is 50.2 cm³/mol. The first-order valence-electron chi connectivity index (χ1n) is 5.04. The molecule has 1 heterocycles. The molecule has 1 N–H and O–H groups in total. The van der Waals surface area contributed by atoms with Gasteiger partial charge in [-0.3, -0.25) is 0 Å². The molecule has 1 fully saturated rings. The van der Waals surface area contributed by atoms with E-state index in [9.17, 15) is 8.78 Å². The van der Waals surface area contributed by atoms with E-state index in [4.69, 9.17) is 0 Å². The molecule has 4 atom stereocenters. The molecule has 1 nitrogen and oxygen atoms in total. The Labute approximate surface area is 78.9 Å². The summed E-state index contributed by atoms with van der Waals surface area (Å²) in [7, 11) is 0. The molecule has 0 aromatic rings. The third-order valence-electron chi connectivity index (χ3n) is 3.06. The Kier molecular flexibility index (Phi) is 3.65. The molecule has 1 saturated heterocycles. The maximum atomic E-state index is 13.4. The van der Waals surface area contributed by atoms with Crippen LogP contribution in [0, 0.1) is 11.8 Å². The van der Waals surface area contributed by atoms with Crippen LogP contribution in [-0.4, -0.2) is 24.9 Å². The lowest BCUT2D eigenvalue weighted by molar-refractivity contribution is 0.0902. The molecule has 0 saturated carbocycles. The van der Waals surface area contributed by atoms with Crippen LogP contribution in [0.3, 0.4) is 0 Å². The summed E-state index contributed by atoms with van der Waals surface area (Å²) >= 11 is 0. The molecule has 4 unspecified atom stereocenters. The maximum Gasteiger partial charge on any atom is 0.118 e. The van der Waals surface area contributed by atoms with E-state index in [-0.39, 0.29) is 18.4 Å². The van der Waals surface area contributed by atoms with Crippen molar-refractivity contribution in [2.24, 2.45) is 11.8 Å². The van der Waals surface area contributed by atoms with E-state index in [0.717, 1.165) is 0 Å². The van der Waals surface area contributed by atoms with Crippen LogP contribution >= 0.6 is 0 Å². The number of nitrogens with one attached hydrogen (secondary N) is 1. The average Bonchev–Trinajstić information content (AvgIpc) is 2.03. The van der Waals surface area contributed by atoms with Crippen LogP contribution in [0.4, 0.5) is 8.78 Å². The lowest BCUT2D eigenvalue weighted by Gasteiger charge is -2.35. The van der Waals surface area contributed by atoms with Gasteiger partial charge in [0.1, 0.15) is 12.3 Å². The van der Waals surface area contributed by atoms with Crippen molar-refractivity contribution in [3.05, 3.63) is 0 Å². The monoisotopic (exact) mass is 191 g/mol. The van der Waals surface area contributed by atoms with E-state index in [1.54, 1.807) is 0 Å². The second-order valence-electron chi connectivity index (χ2n) is 4.39. The Morgan fingerprint density at radius 2 is 1.85 bits per heavy atom. The van der Waals surface area contributed by atoms with E-state index in [0.29, 0.717) is 12.5 Å². The zero-order chi connectivity index (χ0) is 10.0. The standard InChI is InChI=1S/C10H19F2N/c1-6(2)7(3)10-9(12)4-8(11)5-13-10/h6-10,13H,4-5H2,1-3H3. The van der Waals surface area contributed by atoms with Crippen molar-refractivity contribution in [1.82, 2.24) is 5.32 Å². The van der Waals surface area contributed by atoms with Crippen LogP contribution in [0.25, 0.3) is 0 Å². The Hall–Kier alpha value is -0.180.